The number of halogens is 1. The lowest BCUT2D eigenvalue weighted by molar-refractivity contribution is -0.125. The molecule has 0 saturated heterocycles. The third-order valence-electron chi connectivity index (χ3n) is 2.31. The van der Waals surface area contributed by atoms with Crippen LogP contribution in [0.1, 0.15) is 11.7 Å². The average Bonchev–Trinajstić information content (AvgIpc) is 2.42. The zero-order valence-electron chi connectivity index (χ0n) is 10.3. The van der Waals surface area contributed by atoms with E-state index in [1.807, 2.05) is 18.2 Å². The maximum atomic E-state index is 11.3. The monoisotopic (exact) mass is 287 g/mol. The number of hydrogen-bond acceptors (Lipinski definition) is 4. The van der Waals surface area contributed by atoms with Crippen LogP contribution in [0, 0.1) is 0 Å². The molecule has 0 aliphatic carbocycles. The van der Waals surface area contributed by atoms with Crippen molar-refractivity contribution in [2.75, 3.05) is 19.6 Å². The second-order valence-corrected chi connectivity index (χ2v) is 3.71. The molecule has 106 valence electrons. The lowest BCUT2D eigenvalue weighted by Crippen LogP contribution is -2.40. The van der Waals surface area contributed by atoms with Gasteiger partial charge in [-0.3, -0.25) is 9.59 Å². The highest BCUT2D eigenvalue weighted by Crippen LogP contribution is 2.10. The van der Waals surface area contributed by atoms with Crippen molar-refractivity contribution in [3.8, 4) is 0 Å². The van der Waals surface area contributed by atoms with Crippen molar-refractivity contribution in [3.63, 3.8) is 0 Å². The maximum Gasteiger partial charge on any atom is 0.239 e. The summed E-state index contributed by atoms with van der Waals surface area (Å²) in [5, 5.41) is 14.6. The molecule has 1 unspecified atom stereocenters. The fraction of sp³-hybridized carbons (Fsp3) is 0.333. The van der Waals surface area contributed by atoms with Crippen molar-refractivity contribution in [1.29, 1.82) is 0 Å². The minimum Gasteiger partial charge on any atom is -0.387 e. The molecule has 0 aliphatic rings. The Bertz CT molecular complexity index is 400. The Labute approximate surface area is 117 Å². The molecule has 6 nitrogen and oxygen atoms in total. The summed E-state index contributed by atoms with van der Waals surface area (Å²) in [7, 11) is 0. The Morgan fingerprint density at radius 1 is 1.16 bits per heavy atom. The first-order valence-corrected chi connectivity index (χ1v) is 5.60. The number of hydrogen-bond donors (Lipinski definition) is 4. The van der Waals surface area contributed by atoms with Crippen LogP contribution in [0.3, 0.4) is 0 Å². The van der Waals surface area contributed by atoms with Crippen LogP contribution in [0.4, 0.5) is 0 Å². The Kier molecular flexibility index (Phi) is 8.52. The van der Waals surface area contributed by atoms with Gasteiger partial charge in [0.05, 0.1) is 19.2 Å². The quantitative estimate of drug-likeness (QED) is 0.557. The van der Waals surface area contributed by atoms with Crippen LogP contribution < -0.4 is 16.4 Å². The number of nitrogens with two attached hydrogens (primary N) is 1. The van der Waals surface area contributed by atoms with E-state index in [1.165, 1.54) is 0 Å². The molecule has 7 heteroatoms. The van der Waals surface area contributed by atoms with Gasteiger partial charge in [0.25, 0.3) is 0 Å². The van der Waals surface area contributed by atoms with Crippen molar-refractivity contribution >= 4 is 24.2 Å². The van der Waals surface area contributed by atoms with Gasteiger partial charge < -0.3 is 21.5 Å². The molecule has 0 aliphatic heterocycles. The number of aliphatic hydroxyl groups is 1. The van der Waals surface area contributed by atoms with E-state index in [0.29, 0.717) is 0 Å². The summed E-state index contributed by atoms with van der Waals surface area (Å²) in [5.41, 5.74) is 5.80. The first kappa shape index (κ1) is 17.4. The number of amides is 2. The topological polar surface area (TPSA) is 104 Å². The van der Waals surface area contributed by atoms with Crippen LogP contribution in [-0.4, -0.2) is 36.6 Å². The second-order valence-electron chi connectivity index (χ2n) is 3.71. The Morgan fingerprint density at radius 3 is 2.37 bits per heavy atom. The third-order valence-corrected chi connectivity index (χ3v) is 2.31. The van der Waals surface area contributed by atoms with Crippen molar-refractivity contribution in [2.24, 2.45) is 5.73 Å². The lowest BCUT2D eigenvalue weighted by atomic mass is 10.1. The molecule has 19 heavy (non-hydrogen) atoms. The molecule has 1 atom stereocenters. The van der Waals surface area contributed by atoms with Crippen molar-refractivity contribution in [3.05, 3.63) is 35.9 Å². The summed E-state index contributed by atoms with van der Waals surface area (Å²) in [6.45, 7) is -0.196. The van der Waals surface area contributed by atoms with Crippen LogP contribution in [0.15, 0.2) is 30.3 Å². The number of aliphatic hydroxyl groups excluding tert-OH is 1. The summed E-state index contributed by atoms with van der Waals surface area (Å²) >= 11 is 0. The minimum atomic E-state index is -0.764. The molecule has 1 aromatic carbocycles. The molecule has 5 N–H and O–H groups in total. The van der Waals surface area contributed by atoms with E-state index in [-0.39, 0.29) is 37.9 Å². The van der Waals surface area contributed by atoms with Gasteiger partial charge in [0.2, 0.25) is 11.8 Å². The highest BCUT2D eigenvalue weighted by molar-refractivity contribution is 5.85. The predicted octanol–water partition coefficient (Wildman–Crippen LogP) is -0.667. The molecule has 0 saturated carbocycles. The molecule has 0 radical (unpaired) electrons. The van der Waals surface area contributed by atoms with Crippen molar-refractivity contribution < 1.29 is 14.7 Å². The van der Waals surface area contributed by atoms with E-state index in [1.54, 1.807) is 12.1 Å². The fourth-order valence-corrected chi connectivity index (χ4v) is 1.32. The first-order valence-electron chi connectivity index (χ1n) is 5.60. The van der Waals surface area contributed by atoms with E-state index in [0.717, 1.165) is 5.56 Å². The van der Waals surface area contributed by atoms with Gasteiger partial charge in [-0.05, 0) is 5.56 Å². The summed E-state index contributed by atoms with van der Waals surface area (Å²) in [6.07, 6.45) is -0.764. The van der Waals surface area contributed by atoms with Crippen LogP contribution in [-0.2, 0) is 9.59 Å². The highest BCUT2D eigenvalue weighted by atomic mass is 35.5. The zero-order chi connectivity index (χ0) is 13.4. The lowest BCUT2D eigenvalue weighted by Gasteiger charge is -2.12. The SMILES string of the molecule is Cl.NCC(=O)NCC(=O)NCC(O)c1ccccc1. The van der Waals surface area contributed by atoms with Crippen LogP contribution in [0.2, 0.25) is 0 Å². The fourth-order valence-electron chi connectivity index (χ4n) is 1.32. The van der Waals surface area contributed by atoms with Gasteiger partial charge in [-0.25, -0.2) is 0 Å². The van der Waals surface area contributed by atoms with Gasteiger partial charge in [0.15, 0.2) is 0 Å². The maximum absolute atomic E-state index is 11.3. The Balaban J connectivity index is 0.00000324. The van der Waals surface area contributed by atoms with Gasteiger partial charge in [0.1, 0.15) is 0 Å². The molecule has 0 heterocycles. The van der Waals surface area contributed by atoms with Crippen LogP contribution >= 0.6 is 12.4 Å². The third kappa shape index (κ3) is 6.76. The van der Waals surface area contributed by atoms with Crippen molar-refractivity contribution in [2.45, 2.75) is 6.10 Å². The van der Waals surface area contributed by atoms with Gasteiger partial charge >= 0.3 is 0 Å². The molecule has 2 amide bonds. The molecule has 0 spiro atoms. The standard InChI is InChI=1S/C12H17N3O3.ClH/c13-6-11(17)15-8-12(18)14-7-10(16)9-4-2-1-3-5-9;/h1-5,10,16H,6-8,13H2,(H,14,18)(H,15,17);1H. The zero-order valence-corrected chi connectivity index (χ0v) is 11.2. The van der Waals surface area contributed by atoms with Crippen LogP contribution in [0.5, 0.6) is 0 Å². The number of carbonyl (C=O) groups excluding carboxylic acids is 2. The summed E-state index contributed by atoms with van der Waals surface area (Å²) < 4.78 is 0. The number of rotatable bonds is 6. The molecular weight excluding hydrogens is 270 g/mol. The number of carbonyl (C=O) groups is 2. The Hall–Kier alpha value is -1.63. The smallest absolute Gasteiger partial charge is 0.239 e. The molecule has 0 bridgehead atoms. The molecule has 0 aromatic heterocycles. The van der Waals surface area contributed by atoms with Gasteiger partial charge in [-0.1, -0.05) is 30.3 Å². The molecule has 1 rings (SSSR count). The number of benzene rings is 1. The average molecular weight is 288 g/mol. The first-order chi connectivity index (χ1) is 8.63. The molecular formula is C12H18ClN3O3. The van der Waals surface area contributed by atoms with Gasteiger partial charge in [0, 0.05) is 6.54 Å². The van der Waals surface area contributed by atoms with E-state index >= 15 is 0 Å². The van der Waals surface area contributed by atoms with Crippen LogP contribution in [0.25, 0.3) is 0 Å². The normalized spacial score (nSPS) is 11.1. The minimum absolute atomic E-state index is 0. The van der Waals surface area contributed by atoms with E-state index < -0.39 is 12.0 Å². The molecule has 0 fully saturated rings. The van der Waals surface area contributed by atoms with Gasteiger partial charge in [-0.15, -0.1) is 12.4 Å². The summed E-state index contributed by atoms with van der Waals surface area (Å²) in [4.78, 5) is 22.1. The summed E-state index contributed by atoms with van der Waals surface area (Å²) in [5.74, 6) is -0.763. The van der Waals surface area contributed by atoms with E-state index in [9.17, 15) is 14.7 Å². The largest absolute Gasteiger partial charge is 0.387 e. The molecule has 1 aromatic rings. The van der Waals surface area contributed by atoms with Crippen molar-refractivity contribution in [1.82, 2.24) is 10.6 Å². The summed E-state index contributed by atoms with van der Waals surface area (Å²) in [6, 6.07) is 9.00. The Morgan fingerprint density at radius 2 is 1.79 bits per heavy atom. The van der Waals surface area contributed by atoms with Gasteiger partial charge in [-0.2, -0.15) is 0 Å². The number of nitrogens with one attached hydrogen (secondary N) is 2. The van der Waals surface area contributed by atoms with E-state index in [2.05, 4.69) is 10.6 Å². The van der Waals surface area contributed by atoms with E-state index in [4.69, 9.17) is 5.73 Å². The predicted molar refractivity (Wildman–Crippen MR) is 73.7 cm³/mol. The highest BCUT2D eigenvalue weighted by Gasteiger charge is 2.09. The second kappa shape index (κ2) is 9.32.